The Balaban J connectivity index is 1.82. The topological polar surface area (TPSA) is 84.7 Å². The molecule has 1 amide bonds. The molecule has 0 bridgehead atoms. The quantitative estimate of drug-likeness (QED) is 0.703. The number of primary amides is 1. The van der Waals surface area contributed by atoms with Gasteiger partial charge >= 0.3 is 0 Å². The van der Waals surface area contributed by atoms with Crippen molar-refractivity contribution >= 4 is 29.0 Å². The van der Waals surface area contributed by atoms with Crippen molar-refractivity contribution in [1.82, 2.24) is 15.2 Å². The summed E-state index contributed by atoms with van der Waals surface area (Å²) in [7, 11) is 0. The van der Waals surface area contributed by atoms with E-state index in [4.69, 9.17) is 5.73 Å². The van der Waals surface area contributed by atoms with Gasteiger partial charge in [-0.15, -0.1) is 16.4 Å². The van der Waals surface area contributed by atoms with Crippen LogP contribution in [0.5, 0.6) is 0 Å². The molecule has 22 heavy (non-hydrogen) atoms. The Morgan fingerprint density at radius 2 is 2.09 bits per heavy atom. The van der Waals surface area contributed by atoms with E-state index in [1.807, 2.05) is 17.5 Å². The summed E-state index contributed by atoms with van der Waals surface area (Å²) in [4.78, 5) is 17.0. The summed E-state index contributed by atoms with van der Waals surface area (Å²) in [6.07, 6.45) is 0. The highest BCUT2D eigenvalue weighted by atomic mass is 32.2. The first-order valence-corrected chi connectivity index (χ1v) is 8.07. The number of nitrogens with one attached hydrogen (secondary N) is 1. The third-order valence-corrected chi connectivity index (χ3v) is 4.88. The first kappa shape index (κ1) is 14.7. The summed E-state index contributed by atoms with van der Waals surface area (Å²) < 4.78 is 13.0. The molecule has 3 N–H and O–H groups in total. The first-order chi connectivity index (χ1) is 10.6. The predicted octanol–water partition coefficient (Wildman–Crippen LogP) is 2.99. The molecule has 0 fully saturated rings. The van der Waals surface area contributed by atoms with Gasteiger partial charge in [0.1, 0.15) is 11.1 Å². The van der Waals surface area contributed by atoms with Crippen molar-refractivity contribution in [3.8, 4) is 10.7 Å². The number of carbonyl (C=O) groups excluding carboxylic acids is 1. The molecular formula is C14H11FN4OS2. The molecule has 8 heteroatoms. The molecule has 0 saturated heterocycles. The van der Waals surface area contributed by atoms with Gasteiger partial charge in [0, 0.05) is 0 Å². The molecule has 5 nitrogen and oxygen atoms in total. The van der Waals surface area contributed by atoms with Gasteiger partial charge in [0.25, 0.3) is 0 Å². The van der Waals surface area contributed by atoms with Gasteiger partial charge in [0.2, 0.25) is 11.1 Å². The minimum absolute atomic E-state index is 0.366. The summed E-state index contributed by atoms with van der Waals surface area (Å²) in [6, 6.07) is 9.49. The van der Waals surface area contributed by atoms with E-state index in [1.54, 1.807) is 0 Å². The van der Waals surface area contributed by atoms with Gasteiger partial charge in [0.05, 0.1) is 4.88 Å². The Hall–Kier alpha value is -2.19. The number of benzene rings is 1. The van der Waals surface area contributed by atoms with Crippen LogP contribution in [0.2, 0.25) is 0 Å². The number of hydrogen-bond donors (Lipinski definition) is 2. The van der Waals surface area contributed by atoms with Gasteiger partial charge in [-0.3, -0.25) is 9.89 Å². The van der Waals surface area contributed by atoms with E-state index in [9.17, 15) is 9.18 Å². The molecule has 3 aromatic rings. The summed E-state index contributed by atoms with van der Waals surface area (Å²) in [5.41, 5.74) is 6.05. The zero-order valence-corrected chi connectivity index (χ0v) is 12.8. The predicted molar refractivity (Wildman–Crippen MR) is 83.9 cm³/mol. The maximum absolute atomic E-state index is 13.0. The fraction of sp³-hybridized carbons (Fsp3) is 0.0714. The highest BCUT2D eigenvalue weighted by Gasteiger charge is 2.22. The molecule has 0 aliphatic carbocycles. The SMILES string of the molecule is NC(=O)C(Sc1n[nH]c(-c2cccs2)n1)c1ccc(F)cc1. The molecular weight excluding hydrogens is 323 g/mol. The van der Waals surface area contributed by atoms with E-state index in [0.717, 1.165) is 16.6 Å². The van der Waals surface area contributed by atoms with Crippen LogP contribution in [0, 0.1) is 5.82 Å². The van der Waals surface area contributed by atoms with Crippen LogP contribution in [0.4, 0.5) is 4.39 Å². The molecule has 0 saturated carbocycles. The minimum Gasteiger partial charge on any atom is -0.368 e. The van der Waals surface area contributed by atoms with Crippen molar-refractivity contribution < 1.29 is 9.18 Å². The van der Waals surface area contributed by atoms with Crippen molar-refractivity contribution in [1.29, 1.82) is 0 Å². The number of thiophene rings is 1. The number of rotatable bonds is 5. The van der Waals surface area contributed by atoms with Gasteiger partial charge in [0.15, 0.2) is 5.82 Å². The number of amides is 1. The number of thioether (sulfide) groups is 1. The van der Waals surface area contributed by atoms with Crippen LogP contribution in [-0.4, -0.2) is 21.1 Å². The largest absolute Gasteiger partial charge is 0.368 e. The van der Waals surface area contributed by atoms with Crippen LogP contribution in [0.15, 0.2) is 46.9 Å². The average molecular weight is 334 g/mol. The molecule has 0 aliphatic rings. The highest BCUT2D eigenvalue weighted by molar-refractivity contribution is 8.00. The average Bonchev–Trinajstić information content (AvgIpc) is 3.17. The molecule has 1 aromatic carbocycles. The van der Waals surface area contributed by atoms with E-state index in [0.29, 0.717) is 16.5 Å². The van der Waals surface area contributed by atoms with Crippen molar-refractivity contribution in [2.45, 2.75) is 10.4 Å². The van der Waals surface area contributed by atoms with Gasteiger partial charge in [-0.25, -0.2) is 9.37 Å². The van der Waals surface area contributed by atoms with Gasteiger partial charge in [-0.05, 0) is 29.1 Å². The first-order valence-electron chi connectivity index (χ1n) is 6.31. The molecule has 3 rings (SSSR count). The van der Waals surface area contributed by atoms with E-state index < -0.39 is 11.2 Å². The normalized spacial score (nSPS) is 12.2. The number of H-pyrrole nitrogens is 1. The van der Waals surface area contributed by atoms with E-state index >= 15 is 0 Å². The van der Waals surface area contributed by atoms with Gasteiger partial charge < -0.3 is 5.73 Å². The standard InChI is InChI=1S/C14H11FN4OS2/c15-9-5-3-8(4-6-9)11(12(16)20)22-14-17-13(18-19-14)10-2-1-7-21-10/h1-7,11H,(H2,16,20)(H,17,18,19). The summed E-state index contributed by atoms with van der Waals surface area (Å²) >= 11 is 2.66. The Kier molecular flexibility index (Phi) is 4.21. The third-order valence-electron chi connectivity index (χ3n) is 2.87. The molecule has 1 atom stereocenters. The lowest BCUT2D eigenvalue weighted by atomic mass is 10.1. The van der Waals surface area contributed by atoms with Crippen molar-refractivity contribution in [2.24, 2.45) is 5.73 Å². The van der Waals surface area contributed by atoms with Crippen LogP contribution in [0.3, 0.4) is 0 Å². The maximum atomic E-state index is 13.0. The lowest BCUT2D eigenvalue weighted by molar-refractivity contribution is -0.117. The van der Waals surface area contributed by atoms with Crippen molar-refractivity contribution in [3.05, 3.63) is 53.2 Å². The highest BCUT2D eigenvalue weighted by Crippen LogP contribution is 2.34. The van der Waals surface area contributed by atoms with Crippen LogP contribution >= 0.6 is 23.1 Å². The second-order valence-electron chi connectivity index (χ2n) is 4.40. The zero-order chi connectivity index (χ0) is 15.5. The summed E-state index contributed by atoms with van der Waals surface area (Å²) in [5, 5.41) is 8.60. The van der Waals surface area contributed by atoms with Gasteiger partial charge in [-0.2, -0.15) is 0 Å². The molecule has 1 unspecified atom stereocenters. The van der Waals surface area contributed by atoms with Crippen LogP contribution in [0.25, 0.3) is 10.7 Å². The number of carbonyl (C=O) groups is 1. The number of hydrogen-bond acceptors (Lipinski definition) is 5. The van der Waals surface area contributed by atoms with Crippen molar-refractivity contribution in [3.63, 3.8) is 0 Å². The monoisotopic (exact) mass is 334 g/mol. The fourth-order valence-electron chi connectivity index (χ4n) is 1.86. The Morgan fingerprint density at radius 1 is 1.32 bits per heavy atom. The van der Waals surface area contributed by atoms with E-state index in [1.165, 1.54) is 35.6 Å². The third kappa shape index (κ3) is 3.18. The summed E-state index contributed by atoms with van der Waals surface area (Å²) in [6.45, 7) is 0. The number of aromatic nitrogens is 3. The molecule has 0 radical (unpaired) electrons. The van der Waals surface area contributed by atoms with Crippen LogP contribution < -0.4 is 5.73 Å². The van der Waals surface area contributed by atoms with Crippen LogP contribution in [0.1, 0.15) is 10.8 Å². The minimum atomic E-state index is -0.674. The zero-order valence-electron chi connectivity index (χ0n) is 11.2. The second-order valence-corrected chi connectivity index (χ2v) is 6.42. The molecule has 2 heterocycles. The van der Waals surface area contributed by atoms with E-state index in [-0.39, 0.29) is 5.82 Å². The van der Waals surface area contributed by atoms with Crippen molar-refractivity contribution in [2.75, 3.05) is 0 Å². The number of nitrogens with two attached hydrogens (primary N) is 1. The number of halogens is 1. The lowest BCUT2D eigenvalue weighted by Crippen LogP contribution is -2.19. The Morgan fingerprint density at radius 3 is 2.73 bits per heavy atom. The smallest absolute Gasteiger partial charge is 0.235 e. The second kappa shape index (κ2) is 6.29. The molecule has 0 spiro atoms. The summed E-state index contributed by atoms with van der Waals surface area (Å²) in [5.74, 6) is -0.256. The van der Waals surface area contributed by atoms with Gasteiger partial charge in [-0.1, -0.05) is 30.0 Å². The van der Waals surface area contributed by atoms with E-state index in [2.05, 4.69) is 15.2 Å². The molecule has 112 valence electrons. The number of nitrogens with zero attached hydrogens (tertiary/aromatic N) is 2. The Labute approximate surface area is 133 Å². The Bertz CT molecular complexity index is 771. The lowest BCUT2D eigenvalue weighted by Gasteiger charge is -2.10. The maximum Gasteiger partial charge on any atom is 0.235 e. The van der Waals surface area contributed by atoms with Crippen LogP contribution in [-0.2, 0) is 4.79 Å². The fourth-order valence-corrected chi connectivity index (χ4v) is 3.38. The molecule has 2 aromatic heterocycles. The molecule has 0 aliphatic heterocycles. The number of aromatic amines is 1.